The fourth-order valence-electron chi connectivity index (χ4n) is 2.72. The van der Waals surface area contributed by atoms with E-state index in [0.29, 0.717) is 6.54 Å². The summed E-state index contributed by atoms with van der Waals surface area (Å²) in [5.41, 5.74) is 8.38. The zero-order valence-electron chi connectivity index (χ0n) is 11.7. The maximum Gasteiger partial charge on any atom is 0.0439 e. The first-order chi connectivity index (χ1) is 8.61. The highest BCUT2D eigenvalue weighted by Crippen LogP contribution is 2.33. The van der Waals surface area contributed by atoms with Crippen molar-refractivity contribution >= 4 is 5.69 Å². The van der Waals surface area contributed by atoms with E-state index in [4.69, 9.17) is 5.73 Å². The molecule has 0 saturated heterocycles. The van der Waals surface area contributed by atoms with Crippen LogP contribution in [0.2, 0.25) is 0 Å². The van der Waals surface area contributed by atoms with Crippen molar-refractivity contribution in [1.29, 1.82) is 0 Å². The van der Waals surface area contributed by atoms with Gasteiger partial charge in [-0.2, -0.15) is 0 Å². The number of benzene rings is 1. The van der Waals surface area contributed by atoms with Crippen molar-refractivity contribution in [3.05, 3.63) is 29.8 Å². The first-order valence-electron chi connectivity index (χ1n) is 7.19. The molecule has 1 aromatic rings. The Balaban J connectivity index is 2.00. The van der Waals surface area contributed by atoms with Gasteiger partial charge in [0.1, 0.15) is 0 Å². The molecule has 0 bridgehead atoms. The molecule has 18 heavy (non-hydrogen) atoms. The third-order valence-corrected chi connectivity index (χ3v) is 3.98. The number of nitrogens with one attached hydrogen (secondary N) is 1. The zero-order valence-corrected chi connectivity index (χ0v) is 11.7. The molecule has 0 aromatic heterocycles. The van der Waals surface area contributed by atoms with Gasteiger partial charge in [-0.15, -0.1) is 0 Å². The summed E-state index contributed by atoms with van der Waals surface area (Å²) in [6.07, 6.45) is 6.93. The first-order valence-corrected chi connectivity index (χ1v) is 7.19. The molecule has 2 rings (SSSR count). The second kappa shape index (κ2) is 5.75. The molecule has 0 heterocycles. The molecule has 1 aromatic carbocycles. The maximum absolute atomic E-state index is 5.74. The van der Waals surface area contributed by atoms with Gasteiger partial charge in [0.15, 0.2) is 0 Å². The molecule has 0 amide bonds. The molecule has 1 aliphatic carbocycles. The Hall–Kier alpha value is -1.02. The van der Waals surface area contributed by atoms with Gasteiger partial charge in [0, 0.05) is 17.8 Å². The predicted octanol–water partition coefficient (Wildman–Crippen LogP) is 3.88. The number of nitrogens with two attached hydrogens (primary N) is 1. The van der Waals surface area contributed by atoms with Crippen LogP contribution in [0.15, 0.2) is 24.3 Å². The number of hydrogen-bond donors (Lipinski definition) is 2. The monoisotopic (exact) mass is 246 g/mol. The Morgan fingerprint density at radius 1 is 1.11 bits per heavy atom. The Kier molecular flexibility index (Phi) is 4.28. The molecular formula is C16H26N2. The van der Waals surface area contributed by atoms with Gasteiger partial charge in [0.25, 0.3) is 0 Å². The van der Waals surface area contributed by atoms with Crippen molar-refractivity contribution in [2.45, 2.75) is 57.4 Å². The molecule has 0 spiro atoms. The van der Waals surface area contributed by atoms with Crippen molar-refractivity contribution in [3.8, 4) is 0 Å². The molecule has 1 saturated carbocycles. The lowest BCUT2D eigenvalue weighted by Gasteiger charge is -2.26. The summed E-state index contributed by atoms with van der Waals surface area (Å²) >= 11 is 0. The lowest BCUT2D eigenvalue weighted by atomic mass is 9.84. The highest BCUT2D eigenvalue weighted by molar-refractivity contribution is 5.47. The normalized spacial score (nSPS) is 17.7. The lowest BCUT2D eigenvalue weighted by Crippen LogP contribution is -2.39. The van der Waals surface area contributed by atoms with E-state index >= 15 is 0 Å². The van der Waals surface area contributed by atoms with Gasteiger partial charge in [0.2, 0.25) is 0 Å². The van der Waals surface area contributed by atoms with E-state index in [2.05, 4.69) is 43.4 Å². The van der Waals surface area contributed by atoms with Gasteiger partial charge in [-0.3, -0.25) is 0 Å². The van der Waals surface area contributed by atoms with Crippen molar-refractivity contribution in [3.63, 3.8) is 0 Å². The Morgan fingerprint density at radius 2 is 1.72 bits per heavy atom. The van der Waals surface area contributed by atoms with Gasteiger partial charge in [-0.05, 0) is 50.3 Å². The van der Waals surface area contributed by atoms with Crippen LogP contribution >= 0.6 is 0 Å². The predicted molar refractivity (Wildman–Crippen MR) is 79.0 cm³/mol. The second-order valence-electron chi connectivity index (χ2n) is 6.17. The minimum atomic E-state index is -0.0354. The highest BCUT2D eigenvalue weighted by Gasteiger charge is 2.17. The molecule has 0 atom stereocenters. The fraction of sp³-hybridized carbons (Fsp3) is 0.625. The molecule has 2 nitrogen and oxygen atoms in total. The quantitative estimate of drug-likeness (QED) is 0.846. The first kappa shape index (κ1) is 13.4. The summed E-state index contributed by atoms with van der Waals surface area (Å²) in [6.45, 7) is 4.89. The van der Waals surface area contributed by atoms with Gasteiger partial charge in [-0.1, -0.05) is 31.4 Å². The fourth-order valence-corrected chi connectivity index (χ4v) is 2.72. The third kappa shape index (κ3) is 3.49. The summed E-state index contributed by atoms with van der Waals surface area (Å²) in [6, 6.07) is 8.96. The van der Waals surface area contributed by atoms with E-state index in [1.165, 1.54) is 43.4 Å². The standard InChI is InChI=1S/C16H26N2/c1-16(2,12-17)18-15-10-8-14(9-11-15)13-6-4-3-5-7-13/h8-11,13,18H,3-7,12,17H2,1-2H3. The van der Waals surface area contributed by atoms with Gasteiger partial charge in [-0.25, -0.2) is 0 Å². The lowest BCUT2D eigenvalue weighted by molar-refractivity contribution is 0.443. The SMILES string of the molecule is CC(C)(CN)Nc1ccc(C2CCCCC2)cc1. The minimum absolute atomic E-state index is 0.0354. The molecule has 3 N–H and O–H groups in total. The average Bonchev–Trinajstić information content (AvgIpc) is 2.40. The van der Waals surface area contributed by atoms with E-state index in [0.717, 1.165) is 5.92 Å². The number of anilines is 1. The Labute approximate surface area is 111 Å². The highest BCUT2D eigenvalue weighted by atomic mass is 15.0. The molecule has 1 aliphatic rings. The van der Waals surface area contributed by atoms with Crippen LogP contribution in [0.5, 0.6) is 0 Å². The van der Waals surface area contributed by atoms with Gasteiger partial charge < -0.3 is 11.1 Å². The van der Waals surface area contributed by atoms with E-state index < -0.39 is 0 Å². The number of hydrogen-bond acceptors (Lipinski definition) is 2. The average molecular weight is 246 g/mol. The van der Waals surface area contributed by atoms with Gasteiger partial charge in [0.05, 0.1) is 0 Å². The van der Waals surface area contributed by atoms with Crippen molar-refractivity contribution < 1.29 is 0 Å². The van der Waals surface area contributed by atoms with Crippen LogP contribution in [0.3, 0.4) is 0 Å². The van der Waals surface area contributed by atoms with E-state index in [-0.39, 0.29) is 5.54 Å². The molecular weight excluding hydrogens is 220 g/mol. The Morgan fingerprint density at radius 3 is 2.28 bits per heavy atom. The molecule has 0 aliphatic heterocycles. The summed E-state index contributed by atoms with van der Waals surface area (Å²) < 4.78 is 0. The van der Waals surface area contributed by atoms with Crippen molar-refractivity contribution in [2.75, 3.05) is 11.9 Å². The molecule has 0 radical (unpaired) electrons. The topological polar surface area (TPSA) is 38.0 Å². The largest absolute Gasteiger partial charge is 0.379 e. The molecule has 0 unspecified atom stereocenters. The van der Waals surface area contributed by atoms with E-state index in [9.17, 15) is 0 Å². The number of rotatable bonds is 4. The van der Waals surface area contributed by atoms with Crippen LogP contribution in [0.25, 0.3) is 0 Å². The summed E-state index contributed by atoms with van der Waals surface area (Å²) in [5, 5.41) is 3.47. The van der Waals surface area contributed by atoms with Gasteiger partial charge >= 0.3 is 0 Å². The smallest absolute Gasteiger partial charge is 0.0439 e. The summed E-state index contributed by atoms with van der Waals surface area (Å²) in [5.74, 6) is 0.787. The van der Waals surface area contributed by atoms with E-state index in [1.54, 1.807) is 0 Å². The third-order valence-electron chi connectivity index (χ3n) is 3.98. The van der Waals surface area contributed by atoms with Crippen LogP contribution < -0.4 is 11.1 Å². The summed E-state index contributed by atoms with van der Waals surface area (Å²) in [4.78, 5) is 0. The molecule has 2 heteroatoms. The van der Waals surface area contributed by atoms with Crippen molar-refractivity contribution in [2.24, 2.45) is 5.73 Å². The van der Waals surface area contributed by atoms with Crippen molar-refractivity contribution in [1.82, 2.24) is 0 Å². The second-order valence-corrected chi connectivity index (χ2v) is 6.17. The molecule has 1 fully saturated rings. The molecule has 100 valence electrons. The summed E-state index contributed by atoms with van der Waals surface area (Å²) in [7, 11) is 0. The zero-order chi connectivity index (χ0) is 13.0. The van der Waals surface area contributed by atoms with Crippen LogP contribution in [-0.2, 0) is 0 Å². The maximum atomic E-state index is 5.74. The van der Waals surface area contributed by atoms with Crippen LogP contribution in [-0.4, -0.2) is 12.1 Å². The van der Waals surface area contributed by atoms with Crippen LogP contribution in [0, 0.1) is 0 Å². The minimum Gasteiger partial charge on any atom is -0.379 e. The van der Waals surface area contributed by atoms with E-state index in [1.807, 2.05) is 0 Å². The Bertz CT molecular complexity index is 361. The van der Waals surface area contributed by atoms with Crippen LogP contribution in [0.1, 0.15) is 57.4 Å². The van der Waals surface area contributed by atoms with Crippen LogP contribution in [0.4, 0.5) is 5.69 Å².